The van der Waals surface area contributed by atoms with Crippen LogP contribution in [0.5, 0.6) is 0 Å². The molecule has 1 aromatic carbocycles. The monoisotopic (exact) mass is 269 g/mol. The fraction of sp³-hybridized carbons (Fsp3) is 0.333. The molecule has 98 valence electrons. The number of imide groups is 1. The Kier molecular flexibility index (Phi) is 5.61. The maximum Gasteiger partial charge on any atom is 0.321 e. The van der Waals surface area contributed by atoms with Gasteiger partial charge in [-0.05, 0) is 18.6 Å². The maximum absolute atomic E-state index is 11.4. The average Bonchev–Trinajstić information content (AvgIpc) is 2.36. The summed E-state index contributed by atoms with van der Waals surface area (Å²) in [5.41, 5.74) is 0.909. The first-order valence-electron chi connectivity index (χ1n) is 5.54. The molecule has 0 bridgehead atoms. The molecule has 0 unspecified atom stereocenters. The molecule has 1 aromatic rings. The lowest BCUT2D eigenvalue weighted by Crippen LogP contribution is -2.42. The smallest absolute Gasteiger partial charge is 0.321 e. The summed E-state index contributed by atoms with van der Waals surface area (Å²) in [6.45, 7) is 1.94. The van der Waals surface area contributed by atoms with Crippen molar-refractivity contribution in [3.63, 3.8) is 0 Å². The Balaban J connectivity index is 2.47. The third kappa shape index (κ3) is 4.35. The second kappa shape index (κ2) is 6.98. The molecule has 6 heteroatoms. The van der Waals surface area contributed by atoms with Gasteiger partial charge in [-0.3, -0.25) is 10.1 Å². The minimum Gasteiger partial charge on any atom is -0.341 e. The van der Waals surface area contributed by atoms with Crippen LogP contribution < -0.4 is 16.0 Å². The van der Waals surface area contributed by atoms with Crippen LogP contribution in [0, 0.1) is 0 Å². The van der Waals surface area contributed by atoms with Crippen molar-refractivity contribution in [3.05, 3.63) is 34.9 Å². The molecule has 5 nitrogen and oxygen atoms in total. The highest BCUT2D eigenvalue weighted by Crippen LogP contribution is 2.21. The predicted molar refractivity (Wildman–Crippen MR) is 70.5 cm³/mol. The lowest BCUT2D eigenvalue weighted by atomic mass is 10.1. The van der Waals surface area contributed by atoms with E-state index in [1.807, 2.05) is 25.1 Å². The van der Waals surface area contributed by atoms with Crippen LogP contribution in [-0.2, 0) is 4.79 Å². The Labute approximate surface area is 111 Å². The van der Waals surface area contributed by atoms with E-state index in [4.69, 9.17) is 11.6 Å². The molecular formula is C12H16ClN3O2. The number of amides is 3. The van der Waals surface area contributed by atoms with E-state index >= 15 is 0 Å². The van der Waals surface area contributed by atoms with E-state index in [0.717, 1.165) is 5.56 Å². The number of urea groups is 1. The maximum atomic E-state index is 11.4. The van der Waals surface area contributed by atoms with Crippen molar-refractivity contribution in [1.82, 2.24) is 16.0 Å². The van der Waals surface area contributed by atoms with Crippen molar-refractivity contribution < 1.29 is 9.59 Å². The SMILES string of the molecule is CNC(=O)NC(=O)CN[C@H](C)c1ccccc1Cl. The molecule has 0 saturated carbocycles. The molecular weight excluding hydrogens is 254 g/mol. The molecule has 1 atom stereocenters. The molecule has 3 amide bonds. The summed E-state index contributed by atoms with van der Waals surface area (Å²) < 4.78 is 0. The molecule has 1 rings (SSSR count). The molecule has 0 saturated heterocycles. The van der Waals surface area contributed by atoms with Gasteiger partial charge < -0.3 is 10.6 Å². The Morgan fingerprint density at radius 1 is 1.33 bits per heavy atom. The summed E-state index contributed by atoms with van der Waals surface area (Å²) in [7, 11) is 1.45. The zero-order valence-corrected chi connectivity index (χ0v) is 11.0. The van der Waals surface area contributed by atoms with E-state index in [1.165, 1.54) is 7.05 Å². The summed E-state index contributed by atoms with van der Waals surface area (Å²) in [4.78, 5) is 22.3. The molecule has 18 heavy (non-hydrogen) atoms. The number of carbonyl (C=O) groups excluding carboxylic acids is 2. The van der Waals surface area contributed by atoms with Crippen molar-refractivity contribution >= 4 is 23.5 Å². The number of hydrogen-bond acceptors (Lipinski definition) is 3. The molecule has 3 N–H and O–H groups in total. The van der Waals surface area contributed by atoms with Crippen LogP contribution in [0.15, 0.2) is 24.3 Å². The van der Waals surface area contributed by atoms with Gasteiger partial charge in [0.2, 0.25) is 5.91 Å². The summed E-state index contributed by atoms with van der Waals surface area (Å²) in [6.07, 6.45) is 0. The first-order valence-corrected chi connectivity index (χ1v) is 5.91. The topological polar surface area (TPSA) is 70.2 Å². The van der Waals surface area contributed by atoms with Gasteiger partial charge in [-0.25, -0.2) is 4.79 Å². The van der Waals surface area contributed by atoms with E-state index in [1.54, 1.807) is 6.07 Å². The van der Waals surface area contributed by atoms with Crippen molar-refractivity contribution in [1.29, 1.82) is 0 Å². The zero-order valence-electron chi connectivity index (χ0n) is 10.3. The lowest BCUT2D eigenvalue weighted by Gasteiger charge is -2.15. The van der Waals surface area contributed by atoms with E-state index in [0.29, 0.717) is 5.02 Å². The van der Waals surface area contributed by atoms with Crippen LogP contribution in [-0.4, -0.2) is 25.5 Å². The largest absolute Gasteiger partial charge is 0.341 e. The van der Waals surface area contributed by atoms with Crippen molar-refractivity contribution in [2.75, 3.05) is 13.6 Å². The standard InChI is InChI=1S/C12H16ClN3O2/c1-8(9-5-3-4-6-10(9)13)15-7-11(17)16-12(18)14-2/h3-6,8,15H,7H2,1-2H3,(H2,14,16,17,18)/t8-/m1/s1. The summed E-state index contributed by atoms with van der Waals surface area (Å²) in [5.74, 6) is -0.395. The van der Waals surface area contributed by atoms with Crippen LogP contribution in [0.2, 0.25) is 5.02 Å². The minimum atomic E-state index is -0.521. The molecule has 0 spiro atoms. The quantitative estimate of drug-likeness (QED) is 0.775. The molecule has 0 aliphatic heterocycles. The fourth-order valence-electron chi connectivity index (χ4n) is 1.42. The van der Waals surface area contributed by atoms with Crippen LogP contribution >= 0.6 is 11.6 Å². The Morgan fingerprint density at radius 3 is 2.61 bits per heavy atom. The third-order valence-corrected chi connectivity index (χ3v) is 2.76. The number of benzene rings is 1. The van der Waals surface area contributed by atoms with Crippen LogP contribution in [0.4, 0.5) is 4.79 Å². The van der Waals surface area contributed by atoms with Gasteiger partial charge in [0.15, 0.2) is 0 Å². The van der Waals surface area contributed by atoms with Crippen molar-refractivity contribution in [2.24, 2.45) is 0 Å². The average molecular weight is 270 g/mol. The summed E-state index contributed by atoms with van der Waals surface area (Å²) in [5, 5.41) is 8.11. The number of carbonyl (C=O) groups is 2. The van der Waals surface area contributed by atoms with E-state index in [9.17, 15) is 9.59 Å². The normalized spacial score (nSPS) is 11.7. The third-order valence-electron chi connectivity index (χ3n) is 2.42. The van der Waals surface area contributed by atoms with Gasteiger partial charge in [0, 0.05) is 18.1 Å². The van der Waals surface area contributed by atoms with Crippen LogP contribution in [0.1, 0.15) is 18.5 Å². The van der Waals surface area contributed by atoms with Gasteiger partial charge in [0.25, 0.3) is 0 Å². The first kappa shape index (κ1) is 14.5. The lowest BCUT2D eigenvalue weighted by molar-refractivity contribution is -0.119. The number of rotatable bonds is 4. The minimum absolute atomic E-state index is 0.0415. The highest BCUT2D eigenvalue weighted by molar-refractivity contribution is 6.31. The van der Waals surface area contributed by atoms with Gasteiger partial charge in [-0.2, -0.15) is 0 Å². The number of halogens is 1. The van der Waals surface area contributed by atoms with Crippen molar-refractivity contribution in [3.8, 4) is 0 Å². The fourth-order valence-corrected chi connectivity index (χ4v) is 1.71. The molecule has 0 aliphatic rings. The van der Waals surface area contributed by atoms with Gasteiger partial charge >= 0.3 is 6.03 Å². The molecule has 0 aromatic heterocycles. The zero-order chi connectivity index (χ0) is 13.5. The molecule has 0 radical (unpaired) electrons. The van der Waals surface area contributed by atoms with Crippen molar-refractivity contribution in [2.45, 2.75) is 13.0 Å². The van der Waals surface area contributed by atoms with E-state index in [-0.39, 0.29) is 12.6 Å². The second-order valence-electron chi connectivity index (χ2n) is 3.75. The summed E-state index contributed by atoms with van der Waals surface area (Å²) in [6, 6.07) is 6.80. The Hall–Kier alpha value is -1.59. The van der Waals surface area contributed by atoms with E-state index < -0.39 is 11.9 Å². The highest BCUT2D eigenvalue weighted by atomic mass is 35.5. The molecule has 0 heterocycles. The van der Waals surface area contributed by atoms with Crippen LogP contribution in [0.3, 0.4) is 0 Å². The Morgan fingerprint density at radius 2 is 2.00 bits per heavy atom. The molecule has 0 fully saturated rings. The van der Waals surface area contributed by atoms with Gasteiger partial charge in [-0.15, -0.1) is 0 Å². The number of nitrogens with one attached hydrogen (secondary N) is 3. The number of hydrogen-bond donors (Lipinski definition) is 3. The van der Waals surface area contributed by atoms with Crippen LogP contribution in [0.25, 0.3) is 0 Å². The van der Waals surface area contributed by atoms with Gasteiger partial charge in [-0.1, -0.05) is 29.8 Å². The van der Waals surface area contributed by atoms with Gasteiger partial charge in [0.1, 0.15) is 0 Å². The second-order valence-corrected chi connectivity index (χ2v) is 4.16. The Bertz CT molecular complexity index is 437. The summed E-state index contributed by atoms with van der Waals surface area (Å²) >= 11 is 6.04. The highest BCUT2D eigenvalue weighted by Gasteiger charge is 2.11. The predicted octanol–water partition coefficient (Wildman–Crippen LogP) is 1.45. The van der Waals surface area contributed by atoms with E-state index in [2.05, 4.69) is 16.0 Å². The van der Waals surface area contributed by atoms with Gasteiger partial charge in [0.05, 0.1) is 6.54 Å². The molecule has 0 aliphatic carbocycles. The first-order chi connectivity index (χ1) is 8.54.